The van der Waals surface area contributed by atoms with Gasteiger partial charge in [-0.25, -0.2) is 4.98 Å². The Labute approximate surface area is 320 Å². The fraction of sp³-hybridized carbons (Fsp3) is 0.120. The first-order valence-corrected chi connectivity index (χ1v) is 18.6. The molecule has 5 heteroatoms. The zero-order valence-corrected chi connectivity index (χ0v) is 31.5. The molecular formula is C50H40N2O3. The van der Waals surface area contributed by atoms with Crippen LogP contribution < -0.4 is 0 Å². The molecule has 268 valence electrons. The Bertz CT molecular complexity index is 2940. The molecule has 2 aromatic heterocycles. The molecule has 0 radical (unpaired) electrons. The van der Waals surface area contributed by atoms with Crippen molar-refractivity contribution in [3.63, 3.8) is 0 Å². The van der Waals surface area contributed by atoms with Crippen LogP contribution in [-0.2, 0) is 5.41 Å². The molecule has 0 aliphatic rings. The van der Waals surface area contributed by atoms with E-state index in [0.29, 0.717) is 22.7 Å². The molecule has 9 rings (SSSR count). The van der Waals surface area contributed by atoms with Crippen molar-refractivity contribution in [2.45, 2.75) is 40.0 Å². The summed E-state index contributed by atoms with van der Waals surface area (Å²) >= 11 is 0. The average Bonchev–Trinajstić information content (AvgIpc) is 3.80. The number of phenolic OH excluding ortho intramolecular Hbond substituents is 1. The fourth-order valence-electron chi connectivity index (χ4n) is 7.40. The quantitative estimate of drug-likeness (QED) is 0.174. The smallest absolute Gasteiger partial charge is 0.229 e. The standard InChI is InChI=1S/C50H40N2O3/c1-30-17-18-31(2)41(25-30)33-21-19-32(20-22-33)34-27-42(39-14-10-13-38-37-11-7-9-16-45(37)54-48(38)39)47-46(28-34)55-49(52-47)40-12-6-8-15-43(40)51-29-35-26-36(50(3,4)5)23-24-44(35)53/h6-29,53H,1-5H3. The molecule has 0 fully saturated rings. The van der Waals surface area contributed by atoms with Crippen LogP contribution in [0.4, 0.5) is 5.69 Å². The van der Waals surface area contributed by atoms with Gasteiger partial charge >= 0.3 is 0 Å². The van der Waals surface area contributed by atoms with Gasteiger partial charge in [-0.1, -0.05) is 123 Å². The van der Waals surface area contributed by atoms with Gasteiger partial charge in [0.15, 0.2) is 5.58 Å². The Morgan fingerprint density at radius 3 is 2.18 bits per heavy atom. The zero-order chi connectivity index (χ0) is 37.8. The van der Waals surface area contributed by atoms with Gasteiger partial charge in [0, 0.05) is 33.7 Å². The summed E-state index contributed by atoms with van der Waals surface area (Å²) in [6.45, 7) is 10.7. The van der Waals surface area contributed by atoms with Crippen LogP contribution in [0.3, 0.4) is 0 Å². The molecule has 2 heterocycles. The summed E-state index contributed by atoms with van der Waals surface area (Å²) in [5.74, 6) is 0.631. The third-order valence-electron chi connectivity index (χ3n) is 10.5. The summed E-state index contributed by atoms with van der Waals surface area (Å²) in [4.78, 5) is 10.0. The van der Waals surface area contributed by atoms with Crippen molar-refractivity contribution in [2.75, 3.05) is 0 Å². The van der Waals surface area contributed by atoms with Gasteiger partial charge in [0.25, 0.3) is 0 Å². The van der Waals surface area contributed by atoms with Crippen LogP contribution in [0.25, 0.3) is 77.9 Å². The Balaban J connectivity index is 1.20. The number of oxazole rings is 1. The number of fused-ring (bicyclic) bond motifs is 4. The lowest BCUT2D eigenvalue weighted by Crippen LogP contribution is -2.11. The number of aromatic hydroxyl groups is 1. The highest BCUT2D eigenvalue weighted by molar-refractivity contribution is 6.12. The van der Waals surface area contributed by atoms with E-state index in [2.05, 4.69) is 113 Å². The van der Waals surface area contributed by atoms with E-state index in [9.17, 15) is 5.11 Å². The van der Waals surface area contributed by atoms with Crippen molar-refractivity contribution >= 4 is 44.9 Å². The number of para-hydroxylation sites is 3. The Morgan fingerprint density at radius 2 is 1.35 bits per heavy atom. The van der Waals surface area contributed by atoms with Crippen molar-refractivity contribution in [1.82, 2.24) is 4.98 Å². The number of nitrogens with zero attached hydrogens (tertiary/aromatic N) is 2. The van der Waals surface area contributed by atoms with Crippen molar-refractivity contribution in [2.24, 2.45) is 4.99 Å². The maximum absolute atomic E-state index is 10.7. The second-order valence-corrected chi connectivity index (χ2v) is 15.4. The van der Waals surface area contributed by atoms with Gasteiger partial charge in [0.05, 0.1) is 11.3 Å². The van der Waals surface area contributed by atoms with Gasteiger partial charge in [-0.2, -0.15) is 0 Å². The first-order valence-electron chi connectivity index (χ1n) is 18.6. The van der Waals surface area contributed by atoms with Gasteiger partial charge in [-0.15, -0.1) is 0 Å². The Hall–Kier alpha value is -6.72. The molecule has 0 bridgehead atoms. The number of aliphatic imine (C=N–C) groups is 1. The van der Waals surface area contributed by atoms with Crippen molar-refractivity contribution in [3.05, 3.63) is 162 Å². The molecule has 0 aliphatic heterocycles. The van der Waals surface area contributed by atoms with Gasteiger partial charge in [0.1, 0.15) is 22.4 Å². The van der Waals surface area contributed by atoms with Crippen molar-refractivity contribution in [3.8, 4) is 50.6 Å². The summed E-state index contributed by atoms with van der Waals surface area (Å²) in [6.07, 6.45) is 1.71. The van der Waals surface area contributed by atoms with Gasteiger partial charge in [-0.3, -0.25) is 4.99 Å². The second kappa shape index (κ2) is 13.3. The van der Waals surface area contributed by atoms with Gasteiger partial charge < -0.3 is 13.9 Å². The van der Waals surface area contributed by atoms with Crippen LogP contribution in [-0.4, -0.2) is 16.3 Å². The predicted molar refractivity (Wildman–Crippen MR) is 227 cm³/mol. The van der Waals surface area contributed by atoms with E-state index >= 15 is 0 Å². The van der Waals surface area contributed by atoms with Crippen LogP contribution in [0.15, 0.2) is 153 Å². The van der Waals surface area contributed by atoms with E-state index in [1.807, 2.05) is 54.6 Å². The molecule has 0 amide bonds. The van der Waals surface area contributed by atoms with Crippen LogP contribution in [0, 0.1) is 13.8 Å². The minimum atomic E-state index is -0.0717. The lowest BCUT2D eigenvalue weighted by molar-refractivity contribution is 0.473. The molecule has 1 N–H and O–H groups in total. The van der Waals surface area contributed by atoms with E-state index in [-0.39, 0.29) is 11.2 Å². The summed E-state index contributed by atoms with van der Waals surface area (Å²) in [6, 6.07) is 47.5. The van der Waals surface area contributed by atoms with E-state index < -0.39 is 0 Å². The van der Waals surface area contributed by atoms with E-state index in [1.165, 1.54) is 22.3 Å². The lowest BCUT2D eigenvalue weighted by atomic mass is 9.86. The number of aromatic nitrogens is 1. The topological polar surface area (TPSA) is 71.8 Å². The number of phenols is 1. The SMILES string of the molecule is Cc1ccc(C)c(-c2ccc(-c3cc(-c4cccc5c4oc4ccccc45)c4nc(-c5ccccc5N=Cc5cc(C(C)(C)C)ccc5O)oc4c3)cc2)c1. The largest absolute Gasteiger partial charge is 0.507 e. The number of rotatable bonds is 6. The molecule has 0 saturated carbocycles. The van der Waals surface area contributed by atoms with Gasteiger partial charge in [0.2, 0.25) is 5.89 Å². The molecule has 7 aromatic carbocycles. The first kappa shape index (κ1) is 34.1. The fourth-order valence-corrected chi connectivity index (χ4v) is 7.40. The number of benzene rings is 7. The van der Waals surface area contributed by atoms with Crippen LogP contribution in [0.5, 0.6) is 5.75 Å². The highest BCUT2D eigenvalue weighted by Gasteiger charge is 2.21. The normalized spacial score (nSPS) is 12.1. The summed E-state index contributed by atoms with van der Waals surface area (Å²) in [5, 5.41) is 12.8. The predicted octanol–water partition coefficient (Wildman–Crippen LogP) is 13.8. The Morgan fingerprint density at radius 1 is 0.600 bits per heavy atom. The minimum absolute atomic E-state index is 0.0717. The van der Waals surface area contributed by atoms with Crippen molar-refractivity contribution < 1.29 is 13.9 Å². The van der Waals surface area contributed by atoms with E-state index in [1.54, 1.807) is 12.3 Å². The highest BCUT2D eigenvalue weighted by atomic mass is 16.3. The highest BCUT2D eigenvalue weighted by Crippen LogP contribution is 2.43. The lowest BCUT2D eigenvalue weighted by Gasteiger charge is -2.19. The maximum atomic E-state index is 10.7. The monoisotopic (exact) mass is 716 g/mol. The molecule has 9 aromatic rings. The van der Waals surface area contributed by atoms with Crippen LogP contribution in [0.1, 0.15) is 43.0 Å². The molecule has 0 spiro atoms. The summed E-state index contributed by atoms with van der Waals surface area (Å²) in [7, 11) is 0. The number of hydrogen-bond donors (Lipinski definition) is 1. The maximum Gasteiger partial charge on any atom is 0.229 e. The molecule has 55 heavy (non-hydrogen) atoms. The van der Waals surface area contributed by atoms with Crippen LogP contribution in [0.2, 0.25) is 0 Å². The van der Waals surface area contributed by atoms with Gasteiger partial charge in [-0.05, 0) is 95.1 Å². The first-order chi connectivity index (χ1) is 26.6. The molecule has 0 aliphatic carbocycles. The average molecular weight is 717 g/mol. The molecular weight excluding hydrogens is 677 g/mol. The minimum Gasteiger partial charge on any atom is -0.507 e. The molecule has 5 nitrogen and oxygen atoms in total. The molecule has 0 saturated heterocycles. The summed E-state index contributed by atoms with van der Waals surface area (Å²) in [5.41, 5.74) is 15.0. The number of furan rings is 1. The third-order valence-corrected chi connectivity index (χ3v) is 10.5. The zero-order valence-electron chi connectivity index (χ0n) is 31.5. The molecule has 0 unspecified atom stereocenters. The third kappa shape index (κ3) is 6.28. The number of aryl methyl sites for hydroxylation is 2. The Kier molecular flexibility index (Phi) is 8.24. The number of hydrogen-bond acceptors (Lipinski definition) is 5. The second-order valence-electron chi connectivity index (χ2n) is 15.4. The van der Waals surface area contributed by atoms with E-state index in [0.717, 1.165) is 60.8 Å². The molecule has 0 atom stereocenters. The van der Waals surface area contributed by atoms with Crippen molar-refractivity contribution in [1.29, 1.82) is 0 Å². The van der Waals surface area contributed by atoms with Crippen LogP contribution >= 0.6 is 0 Å². The van der Waals surface area contributed by atoms with E-state index in [4.69, 9.17) is 18.8 Å². The summed E-state index contributed by atoms with van der Waals surface area (Å²) < 4.78 is 13.2.